The van der Waals surface area contributed by atoms with Crippen LogP contribution in [0.2, 0.25) is 0 Å². The van der Waals surface area contributed by atoms with Crippen LogP contribution >= 0.6 is 0 Å². The van der Waals surface area contributed by atoms with Gasteiger partial charge in [-0.3, -0.25) is 14.5 Å². The Morgan fingerprint density at radius 2 is 1.56 bits per heavy atom. The minimum Gasteiger partial charge on any atom is -0.489 e. The largest absolute Gasteiger partial charge is 0.489 e. The number of rotatable bonds is 14. The molecule has 1 aliphatic rings. The third-order valence-corrected chi connectivity index (χ3v) is 8.71. The van der Waals surface area contributed by atoms with Gasteiger partial charge < -0.3 is 24.4 Å². The standard InChI is InChI=1S/C25H40N4O3S.C4H6O4/c1-6-7-18-33(30,31)26(4)19-22-12-13-23(27(22)5)20-28-14-16-29(17-15-28)24-10-8-9-11-25(24)32-21(2)3;5-3(6)1-2-4(7)8/h8-13,21H,6-7,14-20H2,1-5H3;1-2H2,(H,5,6)(H,7,8). The van der Waals surface area contributed by atoms with Crippen LogP contribution in [0.1, 0.15) is 57.8 Å². The van der Waals surface area contributed by atoms with Gasteiger partial charge >= 0.3 is 11.9 Å². The van der Waals surface area contributed by atoms with Crippen LogP contribution in [0.5, 0.6) is 5.75 Å². The van der Waals surface area contributed by atoms with Crippen molar-refractivity contribution in [2.24, 2.45) is 7.05 Å². The second kappa shape index (κ2) is 16.4. The summed E-state index contributed by atoms with van der Waals surface area (Å²) in [6.45, 7) is 11.2. The maximum Gasteiger partial charge on any atom is 0.303 e. The normalized spacial score (nSPS) is 14.2. The van der Waals surface area contributed by atoms with E-state index in [0.717, 1.165) is 50.6 Å². The van der Waals surface area contributed by atoms with Crippen LogP contribution in [-0.4, -0.2) is 89.4 Å². The Labute approximate surface area is 244 Å². The summed E-state index contributed by atoms with van der Waals surface area (Å²) in [4.78, 5) is 24.1. The molecule has 1 aromatic carbocycles. The molecule has 11 nitrogen and oxygen atoms in total. The van der Waals surface area contributed by atoms with E-state index in [-0.39, 0.29) is 24.7 Å². The van der Waals surface area contributed by atoms with Crippen LogP contribution in [0.3, 0.4) is 0 Å². The Bertz CT molecular complexity index is 1210. The summed E-state index contributed by atoms with van der Waals surface area (Å²) in [6.07, 6.45) is 1.14. The molecular weight excluding hydrogens is 548 g/mol. The first-order valence-electron chi connectivity index (χ1n) is 14.1. The van der Waals surface area contributed by atoms with Crippen LogP contribution in [0, 0.1) is 0 Å². The van der Waals surface area contributed by atoms with Gasteiger partial charge in [-0.25, -0.2) is 8.42 Å². The van der Waals surface area contributed by atoms with Crippen LogP contribution in [0.25, 0.3) is 0 Å². The zero-order chi connectivity index (χ0) is 30.6. The van der Waals surface area contributed by atoms with Crippen molar-refractivity contribution >= 4 is 27.6 Å². The van der Waals surface area contributed by atoms with Crippen LogP contribution in [-0.2, 0) is 39.7 Å². The number of aromatic nitrogens is 1. The highest BCUT2D eigenvalue weighted by Gasteiger charge is 2.22. The molecule has 230 valence electrons. The van der Waals surface area contributed by atoms with E-state index in [0.29, 0.717) is 13.0 Å². The maximum absolute atomic E-state index is 12.5. The van der Waals surface area contributed by atoms with Crippen molar-refractivity contribution in [1.29, 1.82) is 0 Å². The van der Waals surface area contributed by atoms with Gasteiger partial charge in [-0.2, -0.15) is 4.31 Å². The summed E-state index contributed by atoms with van der Waals surface area (Å²) in [5.74, 6) is -0.988. The molecule has 0 atom stereocenters. The summed E-state index contributed by atoms with van der Waals surface area (Å²) in [5.41, 5.74) is 3.40. The Morgan fingerprint density at radius 1 is 0.976 bits per heavy atom. The fraction of sp³-hybridized carbons (Fsp3) is 0.586. The summed E-state index contributed by atoms with van der Waals surface area (Å²) < 4.78 is 34.5. The molecule has 0 spiro atoms. The molecule has 1 saturated heterocycles. The third-order valence-electron chi connectivity index (χ3n) is 6.82. The monoisotopic (exact) mass is 594 g/mol. The average Bonchev–Trinajstić information content (AvgIpc) is 3.25. The number of ether oxygens (including phenoxy) is 1. The second-order valence-corrected chi connectivity index (χ2v) is 12.7. The molecule has 1 aromatic heterocycles. The summed E-state index contributed by atoms with van der Waals surface area (Å²) >= 11 is 0. The quantitative estimate of drug-likeness (QED) is 0.336. The van der Waals surface area contributed by atoms with Crippen LogP contribution < -0.4 is 9.64 Å². The average molecular weight is 595 g/mol. The molecule has 1 fully saturated rings. The molecule has 1 aliphatic heterocycles. The summed E-state index contributed by atoms with van der Waals surface area (Å²) in [5, 5.41) is 15.8. The topological polar surface area (TPSA) is 133 Å². The molecule has 0 unspecified atom stereocenters. The number of carboxylic acid groups (broad SMARTS) is 2. The van der Waals surface area contributed by atoms with Crippen molar-refractivity contribution in [1.82, 2.24) is 13.8 Å². The number of aliphatic carboxylic acids is 2. The Kier molecular flexibility index (Phi) is 13.6. The molecule has 0 amide bonds. The van der Waals surface area contributed by atoms with Crippen molar-refractivity contribution in [3.8, 4) is 5.75 Å². The van der Waals surface area contributed by atoms with Gasteiger partial charge in [0.2, 0.25) is 10.0 Å². The number of piperazine rings is 1. The van der Waals surface area contributed by atoms with Crippen LogP contribution in [0.4, 0.5) is 5.69 Å². The number of para-hydroxylation sites is 2. The van der Waals surface area contributed by atoms with E-state index >= 15 is 0 Å². The predicted octanol–water partition coefficient (Wildman–Crippen LogP) is 3.63. The van der Waals surface area contributed by atoms with E-state index in [1.54, 1.807) is 7.05 Å². The fourth-order valence-electron chi connectivity index (χ4n) is 4.39. The lowest BCUT2D eigenvalue weighted by atomic mass is 10.2. The van der Waals surface area contributed by atoms with Gasteiger partial charge in [-0.05, 0) is 44.5 Å². The lowest BCUT2D eigenvalue weighted by Gasteiger charge is -2.37. The van der Waals surface area contributed by atoms with Gasteiger partial charge in [0.25, 0.3) is 0 Å². The zero-order valence-corrected chi connectivity index (χ0v) is 25.8. The zero-order valence-electron chi connectivity index (χ0n) is 25.0. The van der Waals surface area contributed by atoms with Gasteiger partial charge in [0.1, 0.15) is 5.75 Å². The Morgan fingerprint density at radius 3 is 2.12 bits per heavy atom. The van der Waals surface area contributed by atoms with Gasteiger partial charge in [0, 0.05) is 58.2 Å². The first-order chi connectivity index (χ1) is 19.3. The van der Waals surface area contributed by atoms with E-state index in [1.165, 1.54) is 15.7 Å². The number of anilines is 1. The summed E-state index contributed by atoms with van der Waals surface area (Å²) in [6, 6.07) is 12.5. The first kappa shape index (κ1) is 34.1. The van der Waals surface area contributed by atoms with Gasteiger partial charge in [0.15, 0.2) is 0 Å². The predicted molar refractivity (Wildman–Crippen MR) is 160 cm³/mol. The number of nitrogens with zero attached hydrogens (tertiary/aromatic N) is 4. The number of hydrogen-bond acceptors (Lipinski definition) is 7. The first-order valence-corrected chi connectivity index (χ1v) is 15.7. The number of carbonyl (C=O) groups is 2. The molecule has 2 heterocycles. The van der Waals surface area contributed by atoms with Gasteiger partial charge in [-0.15, -0.1) is 0 Å². The van der Waals surface area contributed by atoms with Crippen LogP contribution in [0.15, 0.2) is 36.4 Å². The second-order valence-electron chi connectivity index (χ2n) is 10.5. The molecule has 0 radical (unpaired) electrons. The number of sulfonamides is 1. The van der Waals surface area contributed by atoms with Crippen molar-refractivity contribution in [2.45, 2.75) is 65.6 Å². The minimum atomic E-state index is -3.21. The number of hydrogen-bond donors (Lipinski definition) is 2. The van der Waals surface area contributed by atoms with Gasteiger partial charge in [0.05, 0.1) is 36.9 Å². The van der Waals surface area contributed by atoms with E-state index < -0.39 is 22.0 Å². The molecule has 0 bridgehead atoms. The number of unbranched alkanes of at least 4 members (excludes halogenated alkanes) is 1. The number of benzene rings is 1. The van der Waals surface area contributed by atoms with E-state index in [4.69, 9.17) is 14.9 Å². The highest BCUT2D eigenvalue weighted by atomic mass is 32.2. The summed E-state index contributed by atoms with van der Waals surface area (Å²) in [7, 11) is 0.508. The smallest absolute Gasteiger partial charge is 0.303 e. The molecule has 0 aliphatic carbocycles. The van der Waals surface area contributed by atoms with E-state index in [2.05, 4.69) is 52.5 Å². The van der Waals surface area contributed by atoms with Crippen molar-refractivity contribution in [3.05, 3.63) is 47.8 Å². The van der Waals surface area contributed by atoms with E-state index in [1.807, 2.05) is 26.1 Å². The SMILES string of the molecule is CCCCS(=O)(=O)N(C)Cc1ccc(CN2CCN(c3ccccc3OC(C)C)CC2)n1C.O=C(O)CCC(=O)O. The van der Waals surface area contributed by atoms with Crippen molar-refractivity contribution < 1.29 is 33.0 Å². The fourth-order valence-corrected chi connectivity index (χ4v) is 5.68. The highest BCUT2D eigenvalue weighted by molar-refractivity contribution is 7.89. The third kappa shape index (κ3) is 11.4. The molecule has 2 aromatic rings. The minimum absolute atomic E-state index is 0.152. The number of carboxylic acids is 2. The molecular formula is C29H46N4O7S. The lowest BCUT2D eigenvalue weighted by molar-refractivity contribution is -0.143. The van der Waals surface area contributed by atoms with E-state index in [9.17, 15) is 18.0 Å². The van der Waals surface area contributed by atoms with Crippen molar-refractivity contribution in [3.63, 3.8) is 0 Å². The molecule has 41 heavy (non-hydrogen) atoms. The Hall–Kier alpha value is -3.09. The molecule has 2 N–H and O–H groups in total. The molecule has 0 saturated carbocycles. The maximum atomic E-state index is 12.5. The molecule has 12 heteroatoms. The van der Waals surface area contributed by atoms with Crippen molar-refractivity contribution in [2.75, 3.05) is 43.9 Å². The highest BCUT2D eigenvalue weighted by Crippen LogP contribution is 2.30. The van der Waals surface area contributed by atoms with Gasteiger partial charge in [-0.1, -0.05) is 25.5 Å². The Balaban J connectivity index is 0.000000642. The lowest BCUT2D eigenvalue weighted by Crippen LogP contribution is -2.46. The molecule has 3 rings (SSSR count).